The van der Waals surface area contributed by atoms with Crippen LogP contribution in [0.1, 0.15) is 168 Å². The molecular formula is C33H62O. The quantitative estimate of drug-likeness (QED) is 0.202. The highest BCUT2D eigenvalue weighted by molar-refractivity contribution is 4.82. The standard InChI is InChI=1S/C33H62O/c1-3-5-7-8-10-13-28-15-17-30(18-16-28)14-11-27-34-33-25-23-32(24-26-33)31-21-19-29(20-22-31)12-9-6-4-2/h28-33H,3-27H2,1-2H3/t28-,29-,30-,31-,32-,33-. The van der Waals surface area contributed by atoms with Crippen molar-refractivity contribution < 1.29 is 4.74 Å². The lowest BCUT2D eigenvalue weighted by molar-refractivity contribution is 0.00367. The molecule has 0 aliphatic heterocycles. The molecule has 0 spiro atoms. The summed E-state index contributed by atoms with van der Waals surface area (Å²) in [5, 5.41) is 0. The summed E-state index contributed by atoms with van der Waals surface area (Å²) >= 11 is 0. The Bertz CT molecular complexity index is 463. The Labute approximate surface area is 215 Å². The van der Waals surface area contributed by atoms with E-state index in [-0.39, 0.29) is 0 Å². The summed E-state index contributed by atoms with van der Waals surface area (Å²) in [4.78, 5) is 0. The van der Waals surface area contributed by atoms with Crippen LogP contribution in [0.4, 0.5) is 0 Å². The Kier molecular flexibility index (Phi) is 14.6. The van der Waals surface area contributed by atoms with Crippen molar-refractivity contribution in [3.05, 3.63) is 0 Å². The van der Waals surface area contributed by atoms with Crippen molar-refractivity contribution in [2.75, 3.05) is 6.61 Å². The summed E-state index contributed by atoms with van der Waals surface area (Å²) in [6.45, 7) is 5.69. The maximum absolute atomic E-state index is 6.39. The van der Waals surface area contributed by atoms with Crippen molar-refractivity contribution in [3.63, 3.8) is 0 Å². The molecule has 0 amide bonds. The third-order valence-electron chi connectivity index (χ3n) is 10.3. The summed E-state index contributed by atoms with van der Waals surface area (Å²) in [7, 11) is 0. The maximum Gasteiger partial charge on any atom is 0.0575 e. The van der Waals surface area contributed by atoms with Gasteiger partial charge in [0, 0.05) is 6.61 Å². The molecule has 0 unspecified atom stereocenters. The Morgan fingerprint density at radius 3 is 1.41 bits per heavy atom. The summed E-state index contributed by atoms with van der Waals surface area (Å²) in [5.41, 5.74) is 0. The van der Waals surface area contributed by atoms with E-state index in [1.54, 1.807) is 0 Å². The van der Waals surface area contributed by atoms with Gasteiger partial charge in [0.2, 0.25) is 0 Å². The van der Waals surface area contributed by atoms with Gasteiger partial charge in [-0.3, -0.25) is 0 Å². The molecule has 0 heterocycles. The maximum atomic E-state index is 6.39. The smallest absolute Gasteiger partial charge is 0.0575 e. The predicted octanol–water partition coefficient (Wildman–Crippen LogP) is 10.9. The summed E-state index contributed by atoms with van der Waals surface area (Å²) in [5.74, 6) is 5.20. The molecule has 0 aromatic carbocycles. The van der Waals surface area contributed by atoms with Gasteiger partial charge < -0.3 is 4.74 Å². The fraction of sp³-hybridized carbons (Fsp3) is 1.00. The van der Waals surface area contributed by atoms with Gasteiger partial charge >= 0.3 is 0 Å². The molecule has 1 heteroatoms. The molecule has 3 aliphatic rings. The van der Waals surface area contributed by atoms with Gasteiger partial charge in [-0.1, -0.05) is 117 Å². The first-order chi connectivity index (χ1) is 16.8. The van der Waals surface area contributed by atoms with Crippen LogP contribution in [0.15, 0.2) is 0 Å². The highest BCUT2D eigenvalue weighted by Crippen LogP contribution is 2.41. The molecule has 0 aromatic rings. The van der Waals surface area contributed by atoms with Gasteiger partial charge in [-0.15, -0.1) is 0 Å². The van der Waals surface area contributed by atoms with Crippen LogP contribution in [-0.4, -0.2) is 12.7 Å². The van der Waals surface area contributed by atoms with E-state index in [4.69, 9.17) is 4.74 Å². The fourth-order valence-electron chi connectivity index (χ4n) is 7.83. The van der Waals surface area contributed by atoms with Crippen LogP contribution in [-0.2, 0) is 4.74 Å². The van der Waals surface area contributed by atoms with E-state index in [0.29, 0.717) is 6.10 Å². The average Bonchev–Trinajstić information content (AvgIpc) is 2.88. The number of hydrogen-bond donors (Lipinski definition) is 0. The van der Waals surface area contributed by atoms with Crippen molar-refractivity contribution in [3.8, 4) is 0 Å². The van der Waals surface area contributed by atoms with E-state index in [2.05, 4.69) is 13.8 Å². The second-order valence-corrected chi connectivity index (χ2v) is 12.9. The molecule has 0 atom stereocenters. The van der Waals surface area contributed by atoms with Crippen molar-refractivity contribution in [1.82, 2.24) is 0 Å². The van der Waals surface area contributed by atoms with Crippen LogP contribution >= 0.6 is 0 Å². The van der Waals surface area contributed by atoms with Crippen molar-refractivity contribution in [2.45, 2.75) is 174 Å². The van der Waals surface area contributed by atoms with E-state index < -0.39 is 0 Å². The Balaban J connectivity index is 1.15. The normalized spacial score (nSPS) is 32.6. The zero-order valence-corrected chi connectivity index (χ0v) is 23.6. The molecule has 3 fully saturated rings. The molecule has 3 saturated carbocycles. The molecule has 0 radical (unpaired) electrons. The van der Waals surface area contributed by atoms with Gasteiger partial charge in [-0.05, 0) is 81.0 Å². The lowest BCUT2D eigenvalue weighted by Gasteiger charge is -2.38. The highest BCUT2D eigenvalue weighted by Gasteiger charge is 2.31. The van der Waals surface area contributed by atoms with E-state index in [1.807, 2.05) is 0 Å². The minimum absolute atomic E-state index is 0.588. The molecule has 3 rings (SSSR count). The Hall–Kier alpha value is -0.0400. The summed E-state index contributed by atoms with van der Waals surface area (Å²) in [6, 6.07) is 0. The third-order valence-corrected chi connectivity index (χ3v) is 10.3. The number of unbranched alkanes of at least 4 members (excludes halogenated alkanes) is 6. The van der Waals surface area contributed by atoms with Crippen LogP contribution in [0.25, 0.3) is 0 Å². The first kappa shape index (κ1) is 28.5. The largest absolute Gasteiger partial charge is 0.378 e. The van der Waals surface area contributed by atoms with E-state index >= 15 is 0 Å². The molecule has 0 N–H and O–H groups in total. The van der Waals surface area contributed by atoms with Crippen molar-refractivity contribution in [1.29, 1.82) is 0 Å². The van der Waals surface area contributed by atoms with E-state index in [9.17, 15) is 0 Å². The van der Waals surface area contributed by atoms with E-state index in [0.717, 1.165) is 36.2 Å². The van der Waals surface area contributed by atoms with Crippen LogP contribution in [0.3, 0.4) is 0 Å². The monoisotopic (exact) mass is 474 g/mol. The number of hydrogen-bond acceptors (Lipinski definition) is 1. The molecule has 200 valence electrons. The minimum atomic E-state index is 0.588. The molecule has 0 saturated heterocycles. The average molecular weight is 475 g/mol. The minimum Gasteiger partial charge on any atom is -0.378 e. The topological polar surface area (TPSA) is 9.23 Å². The Morgan fingerprint density at radius 2 is 0.853 bits per heavy atom. The van der Waals surface area contributed by atoms with Crippen LogP contribution in [0.2, 0.25) is 0 Å². The number of ether oxygens (including phenoxy) is 1. The molecule has 0 bridgehead atoms. The van der Waals surface area contributed by atoms with Crippen molar-refractivity contribution >= 4 is 0 Å². The first-order valence-electron chi connectivity index (χ1n) is 16.4. The lowest BCUT2D eigenvalue weighted by Crippen LogP contribution is -2.28. The molecule has 34 heavy (non-hydrogen) atoms. The van der Waals surface area contributed by atoms with Crippen LogP contribution in [0.5, 0.6) is 0 Å². The van der Waals surface area contributed by atoms with Crippen LogP contribution in [0, 0.1) is 29.6 Å². The second kappa shape index (κ2) is 17.4. The van der Waals surface area contributed by atoms with Gasteiger partial charge in [-0.2, -0.15) is 0 Å². The second-order valence-electron chi connectivity index (χ2n) is 12.9. The SMILES string of the molecule is CCCCCCC[C@H]1CC[C@H](CCCO[C@H]2CC[C@H]([C@H]3CC[C@H](CCCCC)CC3)CC2)CC1. The highest BCUT2D eigenvalue weighted by atomic mass is 16.5. The third kappa shape index (κ3) is 10.9. The Morgan fingerprint density at radius 1 is 0.441 bits per heavy atom. The molecule has 3 aliphatic carbocycles. The summed E-state index contributed by atoms with van der Waals surface area (Å²) < 4.78 is 6.39. The van der Waals surface area contributed by atoms with Gasteiger partial charge in [-0.25, -0.2) is 0 Å². The zero-order chi connectivity index (χ0) is 23.8. The zero-order valence-electron chi connectivity index (χ0n) is 23.6. The molecule has 0 aromatic heterocycles. The fourth-order valence-corrected chi connectivity index (χ4v) is 7.83. The molecule has 1 nitrogen and oxygen atoms in total. The van der Waals surface area contributed by atoms with Gasteiger partial charge in [0.05, 0.1) is 6.10 Å². The lowest BCUT2D eigenvalue weighted by atomic mass is 9.70. The number of rotatable bonds is 16. The van der Waals surface area contributed by atoms with Crippen molar-refractivity contribution in [2.24, 2.45) is 29.6 Å². The van der Waals surface area contributed by atoms with Gasteiger partial charge in [0.1, 0.15) is 0 Å². The predicted molar refractivity (Wildman–Crippen MR) is 149 cm³/mol. The molecular weight excluding hydrogens is 412 g/mol. The summed E-state index contributed by atoms with van der Waals surface area (Å²) in [6.07, 6.45) is 35.7. The van der Waals surface area contributed by atoms with Gasteiger partial charge in [0.25, 0.3) is 0 Å². The first-order valence-corrected chi connectivity index (χ1v) is 16.4. The van der Waals surface area contributed by atoms with Gasteiger partial charge in [0.15, 0.2) is 0 Å². The van der Waals surface area contributed by atoms with E-state index in [1.165, 1.54) is 154 Å². The van der Waals surface area contributed by atoms with Crippen LogP contribution < -0.4 is 0 Å².